The van der Waals surface area contributed by atoms with Crippen LogP contribution in [0.1, 0.15) is 15.9 Å². The van der Waals surface area contributed by atoms with Crippen molar-refractivity contribution in [2.45, 2.75) is 13.5 Å². The van der Waals surface area contributed by atoms with E-state index in [0.717, 1.165) is 16.5 Å². The lowest BCUT2D eigenvalue weighted by molar-refractivity contribution is 0.0603. The van der Waals surface area contributed by atoms with Gasteiger partial charge in [-0.3, -0.25) is 0 Å². The SMILES string of the molecule is C=CCn1cc(C(=O)OC)c2cccc(C)c21. The first-order valence-corrected chi connectivity index (χ1v) is 5.46. The van der Waals surface area contributed by atoms with Crippen LogP contribution in [0.2, 0.25) is 0 Å². The minimum atomic E-state index is -0.302. The molecule has 2 rings (SSSR count). The second-order valence-corrected chi connectivity index (χ2v) is 3.95. The fourth-order valence-electron chi connectivity index (χ4n) is 2.10. The van der Waals surface area contributed by atoms with Crippen LogP contribution >= 0.6 is 0 Å². The number of esters is 1. The maximum Gasteiger partial charge on any atom is 0.340 e. The van der Waals surface area contributed by atoms with Crippen molar-refractivity contribution in [1.82, 2.24) is 4.57 Å². The van der Waals surface area contributed by atoms with Crippen LogP contribution in [0.5, 0.6) is 0 Å². The van der Waals surface area contributed by atoms with E-state index in [1.165, 1.54) is 7.11 Å². The Kier molecular flexibility index (Phi) is 3.00. The van der Waals surface area contributed by atoms with Crippen LogP contribution in [-0.2, 0) is 11.3 Å². The molecule has 0 saturated heterocycles. The van der Waals surface area contributed by atoms with Crippen molar-refractivity contribution in [3.63, 3.8) is 0 Å². The zero-order valence-electron chi connectivity index (χ0n) is 10.1. The monoisotopic (exact) mass is 229 g/mol. The van der Waals surface area contributed by atoms with Gasteiger partial charge in [0.15, 0.2) is 0 Å². The summed E-state index contributed by atoms with van der Waals surface area (Å²) < 4.78 is 6.82. The van der Waals surface area contributed by atoms with Gasteiger partial charge in [0.05, 0.1) is 18.2 Å². The Morgan fingerprint density at radius 2 is 2.29 bits per heavy atom. The van der Waals surface area contributed by atoms with Crippen LogP contribution in [0.3, 0.4) is 0 Å². The lowest BCUT2D eigenvalue weighted by Crippen LogP contribution is -2.00. The number of fused-ring (bicyclic) bond motifs is 1. The number of hydrogen-bond donors (Lipinski definition) is 0. The van der Waals surface area contributed by atoms with Crippen LogP contribution in [0, 0.1) is 6.92 Å². The number of para-hydroxylation sites is 1. The number of methoxy groups -OCH3 is 1. The highest BCUT2D eigenvalue weighted by molar-refractivity contribution is 6.05. The van der Waals surface area contributed by atoms with E-state index >= 15 is 0 Å². The molecule has 0 spiro atoms. The second-order valence-electron chi connectivity index (χ2n) is 3.95. The van der Waals surface area contributed by atoms with E-state index in [1.54, 1.807) is 0 Å². The molecule has 3 nitrogen and oxygen atoms in total. The third-order valence-electron chi connectivity index (χ3n) is 2.83. The molecule has 1 heterocycles. The molecule has 0 bridgehead atoms. The number of hydrogen-bond acceptors (Lipinski definition) is 2. The van der Waals surface area contributed by atoms with Crippen molar-refractivity contribution >= 4 is 16.9 Å². The summed E-state index contributed by atoms with van der Waals surface area (Å²) in [5, 5.41) is 0.929. The first-order valence-electron chi connectivity index (χ1n) is 5.46. The van der Waals surface area contributed by atoms with Crippen molar-refractivity contribution in [3.05, 3.63) is 48.2 Å². The summed E-state index contributed by atoms with van der Waals surface area (Å²) in [5.74, 6) is -0.302. The number of rotatable bonds is 3. The Balaban J connectivity index is 2.74. The summed E-state index contributed by atoms with van der Waals surface area (Å²) in [6.07, 6.45) is 3.64. The standard InChI is InChI=1S/C14H15NO2/c1-4-8-15-9-12(14(16)17-3)11-7-5-6-10(2)13(11)15/h4-7,9H,1,8H2,2-3H3. The number of carbonyl (C=O) groups is 1. The van der Waals surface area contributed by atoms with Crippen LogP contribution < -0.4 is 0 Å². The summed E-state index contributed by atoms with van der Waals surface area (Å²) in [6.45, 7) is 6.44. The van der Waals surface area contributed by atoms with Crippen LogP contribution in [0.25, 0.3) is 10.9 Å². The van der Waals surface area contributed by atoms with Crippen LogP contribution in [0.4, 0.5) is 0 Å². The van der Waals surface area contributed by atoms with Crippen molar-refractivity contribution < 1.29 is 9.53 Å². The Bertz CT molecular complexity index is 581. The molecule has 88 valence electrons. The van der Waals surface area contributed by atoms with Gasteiger partial charge in [-0.1, -0.05) is 24.3 Å². The van der Waals surface area contributed by atoms with Gasteiger partial charge in [0.25, 0.3) is 0 Å². The summed E-state index contributed by atoms with van der Waals surface area (Å²) in [7, 11) is 1.40. The fraction of sp³-hybridized carbons (Fsp3) is 0.214. The molecule has 0 fully saturated rings. The largest absolute Gasteiger partial charge is 0.465 e. The van der Waals surface area contributed by atoms with Crippen molar-refractivity contribution in [1.29, 1.82) is 0 Å². The molecular formula is C14H15NO2. The van der Waals surface area contributed by atoms with Crippen LogP contribution in [-0.4, -0.2) is 17.6 Å². The highest BCUT2D eigenvalue weighted by Crippen LogP contribution is 2.25. The summed E-state index contributed by atoms with van der Waals surface area (Å²) >= 11 is 0. The normalized spacial score (nSPS) is 10.5. The molecule has 3 heteroatoms. The molecule has 0 unspecified atom stereocenters. The van der Waals surface area contributed by atoms with Crippen molar-refractivity contribution in [2.75, 3.05) is 7.11 Å². The lowest BCUT2D eigenvalue weighted by Gasteiger charge is -2.03. The van der Waals surface area contributed by atoms with Gasteiger partial charge in [0.2, 0.25) is 0 Å². The van der Waals surface area contributed by atoms with Gasteiger partial charge in [-0.05, 0) is 12.5 Å². The van der Waals surface area contributed by atoms with Gasteiger partial charge in [-0.2, -0.15) is 0 Å². The van der Waals surface area contributed by atoms with E-state index in [-0.39, 0.29) is 5.97 Å². The fourth-order valence-corrected chi connectivity index (χ4v) is 2.10. The third-order valence-corrected chi connectivity index (χ3v) is 2.83. The van der Waals surface area contributed by atoms with E-state index in [1.807, 2.05) is 42.0 Å². The lowest BCUT2D eigenvalue weighted by atomic mass is 10.1. The van der Waals surface area contributed by atoms with E-state index < -0.39 is 0 Å². The first-order chi connectivity index (χ1) is 8.19. The van der Waals surface area contributed by atoms with E-state index in [9.17, 15) is 4.79 Å². The van der Waals surface area contributed by atoms with E-state index in [2.05, 4.69) is 6.58 Å². The Labute approximate surface area is 100 Å². The molecule has 0 N–H and O–H groups in total. The number of aromatic nitrogens is 1. The maximum absolute atomic E-state index is 11.7. The van der Waals surface area contributed by atoms with Crippen LogP contribution in [0.15, 0.2) is 37.1 Å². The minimum absolute atomic E-state index is 0.302. The van der Waals surface area contributed by atoms with Gasteiger partial charge in [0, 0.05) is 18.1 Å². The highest BCUT2D eigenvalue weighted by atomic mass is 16.5. The molecule has 0 aliphatic rings. The molecule has 1 aromatic carbocycles. The Morgan fingerprint density at radius 3 is 2.94 bits per heavy atom. The van der Waals surface area contributed by atoms with Gasteiger partial charge < -0.3 is 9.30 Å². The average Bonchev–Trinajstić information content (AvgIpc) is 2.69. The average molecular weight is 229 g/mol. The predicted molar refractivity (Wildman–Crippen MR) is 68.2 cm³/mol. The van der Waals surface area contributed by atoms with E-state index in [0.29, 0.717) is 12.1 Å². The number of carbonyl (C=O) groups excluding carboxylic acids is 1. The number of aryl methyl sites for hydroxylation is 1. The molecule has 17 heavy (non-hydrogen) atoms. The van der Waals surface area contributed by atoms with Gasteiger partial charge in [0.1, 0.15) is 0 Å². The Hall–Kier alpha value is -2.03. The maximum atomic E-state index is 11.7. The molecule has 1 aromatic heterocycles. The number of allylic oxidation sites excluding steroid dienone is 1. The summed E-state index contributed by atoms with van der Waals surface area (Å²) in [4.78, 5) is 11.7. The molecule has 0 aliphatic heterocycles. The summed E-state index contributed by atoms with van der Waals surface area (Å²) in [6, 6.07) is 5.92. The molecular weight excluding hydrogens is 214 g/mol. The summed E-state index contributed by atoms with van der Waals surface area (Å²) in [5.41, 5.74) is 2.81. The topological polar surface area (TPSA) is 31.2 Å². The van der Waals surface area contributed by atoms with E-state index in [4.69, 9.17) is 4.74 Å². The number of ether oxygens (including phenoxy) is 1. The smallest absolute Gasteiger partial charge is 0.340 e. The zero-order chi connectivity index (χ0) is 12.4. The van der Waals surface area contributed by atoms with Gasteiger partial charge in [-0.15, -0.1) is 6.58 Å². The second kappa shape index (κ2) is 4.45. The first kappa shape index (κ1) is 11.5. The highest BCUT2D eigenvalue weighted by Gasteiger charge is 2.15. The molecule has 0 amide bonds. The molecule has 0 aliphatic carbocycles. The number of benzene rings is 1. The van der Waals surface area contributed by atoms with Crippen molar-refractivity contribution in [2.24, 2.45) is 0 Å². The van der Waals surface area contributed by atoms with Gasteiger partial charge >= 0.3 is 5.97 Å². The molecule has 0 saturated carbocycles. The quantitative estimate of drug-likeness (QED) is 0.598. The molecule has 2 aromatic rings. The minimum Gasteiger partial charge on any atom is -0.465 e. The Morgan fingerprint density at radius 1 is 1.53 bits per heavy atom. The molecule has 0 radical (unpaired) electrons. The zero-order valence-corrected chi connectivity index (χ0v) is 10.1. The van der Waals surface area contributed by atoms with Crippen molar-refractivity contribution in [3.8, 4) is 0 Å². The number of nitrogens with zero attached hydrogens (tertiary/aromatic N) is 1. The third kappa shape index (κ3) is 1.84. The van der Waals surface area contributed by atoms with Gasteiger partial charge in [-0.25, -0.2) is 4.79 Å². The molecule has 0 atom stereocenters. The predicted octanol–water partition coefficient (Wildman–Crippen LogP) is 2.92.